The summed E-state index contributed by atoms with van der Waals surface area (Å²) in [5.41, 5.74) is 2.76. The highest BCUT2D eigenvalue weighted by Crippen LogP contribution is 2.22. The van der Waals surface area contributed by atoms with E-state index in [9.17, 15) is 14.4 Å². The molecule has 2 rings (SSSR count). The molecule has 0 heterocycles. The van der Waals surface area contributed by atoms with Crippen LogP contribution in [0.4, 0.5) is 0 Å². The Morgan fingerprint density at radius 1 is 1.11 bits per heavy atom. The van der Waals surface area contributed by atoms with Gasteiger partial charge >= 0.3 is 5.97 Å². The number of fused-ring (bicyclic) bond motifs is 1. The van der Waals surface area contributed by atoms with Crippen molar-refractivity contribution >= 4 is 17.5 Å². The third-order valence-corrected chi connectivity index (χ3v) is 3.40. The van der Waals surface area contributed by atoms with Crippen molar-refractivity contribution in [1.82, 2.24) is 0 Å². The van der Waals surface area contributed by atoms with Gasteiger partial charge in [0.25, 0.3) is 0 Å². The van der Waals surface area contributed by atoms with Gasteiger partial charge in [0.2, 0.25) is 11.6 Å². The molecule has 0 unspecified atom stereocenters. The normalized spacial score (nSPS) is 13.5. The first kappa shape index (κ1) is 13.5. The third-order valence-electron chi connectivity index (χ3n) is 3.40. The van der Waals surface area contributed by atoms with Crippen molar-refractivity contribution in [3.8, 4) is 0 Å². The van der Waals surface area contributed by atoms with Gasteiger partial charge in [0.15, 0.2) is 0 Å². The lowest BCUT2D eigenvalue weighted by Crippen LogP contribution is -2.19. The van der Waals surface area contributed by atoms with Crippen molar-refractivity contribution in [3.63, 3.8) is 0 Å². The molecule has 0 radical (unpaired) electrons. The van der Waals surface area contributed by atoms with Crippen molar-refractivity contribution in [1.29, 1.82) is 0 Å². The molecular formula is C15H16O4. The molecule has 0 amide bonds. The topological polar surface area (TPSA) is 60.4 Å². The van der Waals surface area contributed by atoms with E-state index in [2.05, 4.69) is 4.74 Å². The van der Waals surface area contributed by atoms with Crippen molar-refractivity contribution in [2.45, 2.75) is 32.1 Å². The van der Waals surface area contributed by atoms with Crippen molar-refractivity contribution in [2.75, 3.05) is 7.11 Å². The Morgan fingerprint density at radius 3 is 2.47 bits per heavy atom. The van der Waals surface area contributed by atoms with Crippen LogP contribution >= 0.6 is 0 Å². The van der Waals surface area contributed by atoms with Crippen LogP contribution < -0.4 is 0 Å². The zero-order valence-corrected chi connectivity index (χ0v) is 10.9. The van der Waals surface area contributed by atoms with Gasteiger partial charge < -0.3 is 4.74 Å². The first-order valence-corrected chi connectivity index (χ1v) is 6.38. The summed E-state index contributed by atoms with van der Waals surface area (Å²) in [6, 6.07) is 5.36. The van der Waals surface area contributed by atoms with Crippen molar-refractivity contribution in [2.24, 2.45) is 0 Å². The maximum Gasteiger partial charge on any atom is 0.313 e. The molecule has 0 spiro atoms. The van der Waals surface area contributed by atoms with Crippen LogP contribution in [0.2, 0.25) is 0 Å². The Labute approximate surface area is 111 Å². The highest BCUT2D eigenvalue weighted by molar-refractivity contribution is 6.45. The molecule has 0 saturated carbocycles. The van der Waals surface area contributed by atoms with Gasteiger partial charge in [-0.2, -0.15) is 0 Å². The molecule has 0 fully saturated rings. The first-order valence-electron chi connectivity index (χ1n) is 6.38. The van der Waals surface area contributed by atoms with E-state index < -0.39 is 24.0 Å². The van der Waals surface area contributed by atoms with Crippen LogP contribution in [-0.2, 0) is 27.2 Å². The molecule has 0 bridgehead atoms. The molecule has 4 nitrogen and oxygen atoms in total. The average Bonchev–Trinajstić information content (AvgIpc) is 2.45. The van der Waals surface area contributed by atoms with Crippen LogP contribution in [0, 0.1) is 0 Å². The predicted molar refractivity (Wildman–Crippen MR) is 69.1 cm³/mol. The highest BCUT2D eigenvalue weighted by Gasteiger charge is 2.21. The van der Waals surface area contributed by atoms with Gasteiger partial charge in [-0.15, -0.1) is 0 Å². The molecule has 19 heavy (non-hydrogen) atoms. The molecule has 1 aliphatic rings. The number of rotatable bonds is 4. The molecule has 100 valence electrons. The number of hydrogen-bond donors (Lipinski definition) is 0. The summed E-state index contributed by atoms with van der Waals surface area (Å²) in [6.07, 6.45) is 3.76. The number of methoxy groups -OCH3 is 1. The fraction of sp³-hybridized carbons (Fsp3) is 0.400. The van der Waals surface area contributed by atoms with Gasteiger partial charge in [-0.3, -0.25) is 14.4 Å². The maximum absolute atomic E-state index is 11.9. The standard InChI is InChI=1S/C15H16O4/c1-19-14(17)9-13(16)15(18)12-7-6-10-4-2-3-5-11(10)8-12/h6-8H,2-5,9H2,1H3. The first-order chi connectivity index (χ1) is 9.11. The number of carbonyl (C=O) groups excluding carboxylic acids is 3. The fourth-order valence-corrected chi connectivity index (χ4v) is 2.32. The molecular weight excluding hydrogens is 244 g/mol. The van der Waals surface area contributed by atoms with Gasteiger partial charge in [-0.05, 0) is 42.9 Å². The van der Waals surface area contributed by atoms with E-state index in [1.165, 1.54) is 19.1 Å². The van der Waals surface area contributed by atoms with E-state index in [1.807, 2.05) is 6.07 Å². The lowest BCUT2D eigenvalue weighted by molar-refractivity contribution is -0.142. The molecule has 1 aromatic rings. The zero-order valence-electron chi connectivity index (χ0n) is 10.9. The van der Waals surface area contributed by atoms with Crippen LogP contribution in [0.15, 0.2) is 18.2 Å². The van der Waals surface area contributed by atoms with Crippen LogP contribution in [0.1, 0.15) is 40.7 Å². The maximum atomic E-state index is 11.9. The molecule has 0 atom stereocenters. The van der Waals surface area contributed by atoms with Crippen LogP contribution in [0.5, 0.6) is 0 Å². The van der Waals surface area contributed by atoms with Crippen LogP contribution in [-0.4, -0.2) is 24.6 Å². The molecule has 0 N–H and O–H groups in total. The van der Waals surface area contributed by atoms with Crippen molar-refractivity contribution < 1.29 is 19.1 Å². The van der Waals surface area contributed by atoms with Gasteiger partial charge in [-0.1, -0.05) is 12.1 Å². The van der Waals surface area contributed by atoms with Crippen LogP contribution in [0.25, 0.3) is 0 Å². The summed E-state index contributed by atoms with van der Waals surface area (Å²) in [7, 11) is 1.19. The fourth-order valence-electron chi connectivity index (χ4n) is 2.32. The minimum absolute atomic E-state index is 0.370. The molecule has 0 saturated heterocycles. The van der Waals surface area contributed by atoms with Gasteiger partial charge in [0, 0.05) is 5.56 Å². The predicted octanol–water partition coefficient (Wildman–Crippen LogP) is 1.88. The summed E-state index contributed by atoms with van der Waals surface area (Å²) in [4.78, 5) is 34.6. The molecule has 0 aliphatic heterocycles. The zero-order chi connectivity index (χ0) is 13.8. The van der Waals surface area contributed by atoms with E-state index in [0.29, 0.717) is 5.56 Å². The smallest absolute Gasteiger partial charge is 0.313 e. The summed E-state index contributed by atoms with van der Waals surface area (Å²) in [5, 5.41) is 0. The van der Waals surface area contributed by atoms with E-state index in [1.54, 1.807) is 12.1 Å². The summed E-state index contributed by atoms with van der Waals surface area (Å²) >= 11 is 0. The van der Waals surface area contributed by atoms with Gasteiger partial charge in [0.05, 0.1) is 7.11 Å². The van der Waals surface area contributed by atoms with E-state index >= 15 is 0 Å². The second-order valence-electron chi connectivity index (χ2n) is 4.70. The lowest BCUT2D eigenvalue weighted by atomic mass is 9.89. The number of Topliss-reactive ketones (excluding diaryl/α,β-unsaturated/α-hetero) is 2. The van der Waals surface area contributed by atoms with Crippen molar-refractivity contribution in [3.05, 3.63) is 34.9 Å². The minimum atomic E-state index is -0.720. The summed E-state index contributed by atoms with van der Waals surface area (Å²) < 4.78 is 4.39. The minimum Gasteiger partial charge on any atom is -0.469 e. The number of hydrogen-bond acceptors (Lipinski definition) is 4. The number of benzene rings is 1. The molecule has 1 aliphatic carbocycles. The van der Waals surface area contributed by atoms with E-state index in [0.717, 1.165) is 24.8 Å². The lowest BCUT2D eigenvalue weighted by Gasteiger charge is -2.15. The number of aryl methyl sites for hydroxylation is 2. The molecule has 1 aromatic carbocycles. The summed E-state index contributed by atoms with van der Waals surface area (Å²) in [6.45, 7) is 0. The monoisotopic (exact) mass is 260 g/mol. The highest BCUT2D eigenvalue weighted by atomic mass is 16.5. The largest absolute Gasteiger partial charge is 0.469 e. The summed E-state index contributed by atoms with van der Waals surface area (Å²) in [5.74, 6) is -2.02. The van der Waals surface area contributed by atoms with E-state index in [-0.39, 0.29) is 0 Å². The SMILES string of the molecule is COC(=O)CC(=O)C(=O)c1ccc2c(c1)CCCC2. The Bertz CT molecular complexity index is 531. The number of carbonyl (C=O) groups is 3. The van der Waals surface area contributed by atoms with Gasteiger partial charge in [-0.25, -0.2) is 0 Å². The Kier molecular flexibility index (Phi) is 4.10. The number of esters is 1. The number of ether oxygens (including phenoxy) is 1. The molecule has 0 aromatic heterocycles. The van der Waals surface area contributed by atoms with E-state index in [4.69, 9.17) is 0 Å². The number of ketones is 2. The van der Waals surface area contributed by atoms with Gasteiger partial charge in [0.1, 0.15) is 6.42 Å². The average molecular weight is 260 g/mol. The second-order valence-corrected chi connectivity index (χ2v) is 4.70. The Balaban J connectivity index is 2.15. The van der Waals surface area contributed by atoms with Crippen LogP contribution in [0.3, 0.4) is 0 Å². The second kappa shape index (κ2) is 5.78. The Hall–Kier alpha value is -1.97. The Morgan fingerprint density at radius 2 is 1.79 bits per heavy atom. The molecule has 4 heteroatoms. The quantitative estimate of drug-likeness (QED) is 0.359. The third kappa shape index (κ3) is 3.08.